The van der Waals surface area contributed by atoms with Crippen LogP contribution in [0.3, 0.4) is 0 Å². The molecule has 1 aromatic rings. The molecule has 5 nitrogen and oxygen atoms in total. The van der Waals surface area contributed by atoms with Crippen molar-refractivity contribution in [3.63, 3.8) is 0 Å². The monoisotopic (exact) mass is 446 g/mol. The number of aryl methyl sites for hydroxylation is 1. The minimum absolute atomic E-state index is 0. The summed E-state index contributed by atoms with van der Waals surface area (Å²) in [6.45, 7) is 5.63. The van der Waals surface area contributed by atoms with Crippen molar-refractivity contribution in [2.24, 2.45) is 10.9 Å². The topological polar surface area (TPSA) is 40.1 Å². The number of anilines is 1. The highest BCUT2D eigenvalue weighted by atomic mass is 127. The highest BCUT2D eigenvalue weighted by Gasteiger charge is 2.19. The van der Waals surface area contributed by atoms with Crippen molar-refractivity contribution in [2.45, 2.75) is 19.9 Å². The molecule has 1 atom stereocenters. The van der Waals surface area contributed by atoms with Gasteiger partial charge in [-0.25, -0.2) is 0 Å². The molecule has 0 amide bonds. The standard InChI is InChI=1S/C18H30N4O.HI/c1-14-6-7-16(17(10-14)21(3)4)11-20-18(19-2)22(5)12-15-8-9-23-13-15;/h6-7,10,15H,8-9,11-13H2,1-5H3,(H,19,20);1H. The molecule has 0 aliphatic carbocycles. The van der Waals surface area contributed by atoms with Crippen LogP contribution in [0.1, 0.15) is 17.5 Å². The highest BCUT2D eigenvalue weighted by molar-refractivity contribution is 14.0. The van der Waals surface area contributed by atoms with Gasteiger partial charge in [0.15, 0.2) is 5.96 Å². The Labute approximate surface area is 163 Å². The number of nitrogens with zero attached hydrogens (tertiary/aromatic N) is 3. The average molecular weight is 446 g/mol. The van der Waals surface area contributed by atoms with Gasteiger partial charge in [-0.1, -0.05) is 12.1 Å². The molecular formula is C18H31IN4O. The first-order valence-corrected chi connectivity index (χ1v) is 8.27. The van der Waals surface area contributed by atoms with E-state index in [1.54, 1.807) is 0 Å². The van der Waals surface area contributed by atoms with Gasteiger partial charge in [-0.2, -0.15) is 0 Å². The third-order valence-corrected chi connectivity index (χ3v) is 4.29. The molecule has 24 heavy (non-hydrogen) atoms. The van der Waals surface area contributed by atoms with Gasteiger partial charge in [0.1, 0.15) is 0 Å². The molecule has 0 saturated carbocycles. The highest BCUT2D eigenvalue weighted by Crippen LogP contribution is 2.20. The lowest BCUT2D eigenvalue weighted by molar-refractivity contribution is 0.181. The van der Waals surface area contributed by atoms with Crippen molar-refractivity contribution in [3.8, 4) is 0 Å². The van der Waals surface area contributed by atoms with E-state index in [0.717, 1.165) is 38.7 Å². The first kappa shape index (κ1) is 21.0. The summed E-state index contributed by atoms with van der Waals surface area (Å²) in [5.74, 6) is 1.54. The number of guanidine groups is 1. The Kier molecular flexibility index (Phi) is 8.83. The maximum atomic E-state index is 5.46. The van der Waals surface area contributed by atoms with Crippen molar-refractivity contribution in [3.05, 3.63) is 29.3 Å². The fourth-order valence-electron chi connectivity index (χ4n) is 3.00. The van der Waals surface area contributed by atoms with Gasteiger partial charge in [-0.15, -0.1) is 24.0 Å². The summed E-state index contributed by atoms with van der Waals surface area (Å²) in [7, 11) is 8.10. The van der Waals surface area contributed by atoms with E-state index < -0.39 is 0 Å². The van der Waals surface area contributed by atoms with Crippen LogP contribution in [0.2, 0.25) is 0 Å². The molecule has 1 aromatic carbocycles. The Bertz CT molecular complexity index is 542. The Morgan fingerprint density at radius 3 is 2.67 bits per heavy atom. The quantitative estimate of drug-likeness (QED) is 0.429. The molecule has 0 aromatic heterocycles. The molecule has 2 rings (SSSR count). The molecule has 1 unspecified atom stereocenters. The number of rotatable bonds is 5. The number of halogens is 1. The van der Waals surface area contributed by atoms with Crippen molar-refractivity contribution in [2.75, 3.05) is 52.8 Å². The molecular weight excluding hydrogens is 415 g/mol. The van der Waals surface area contributed by atoms with Crippen molar-refractivity contribution >= 4 is 35.6 Å². The smallest absolute Gasteiger partial charge is 0.193 e. The minimum Gasteiger partial charge on any atom is -0.381 e. The van der Waals surface area contributed by atoms with Crippen LogP contribution in [-0.2, 0) is 11.3 Å². The SMILES string of the molecule is CN=C(NCc1ccc(C)cc1N(C)C)N(C)CC1CCOC1.I. The first-order chi connectivity index (χ1) is 11.0. The van der Waals surface area contributed by atoms with Gasteiger partial charge in [0.05, 0.1) is 6.61 Å². The molecule has 1 aliphatic rings. The van der Waals surface area contributed by atoms with Gasteiger partial charge >= 0.3 is 0 Å². The molecule has 1 heterocycles. The molecule has 1 saturated heterocycles. The summed E-state index contributed by atoms with van der Waals surface area (Å²) in [5.41, 5.74) is 3.80. The van der Waals surface area contributed by atoms with Crippen LogP contribution < -0.4 is 10.2 Å². The van der Waals surface area contributed by atoms with Crippen molar-refractivity contribution in [1.29, 1.82) is 0 Å². The van der Waals surface area contributed by atoms with Gasteiger partial charge in [-0.05, 0) is 30.5 Å². The van der Waals surface area contributed by atoms with Crippen LogP contribution in [0.5, 0.6) is 0 Å². The minimum atomic E-state index is 0. The van der Waals surface area contributed by atoms with Crippen LogP contribution in [0.15, 0.2) is 23.2 Å². The Morgan fingerprint density at radius 2 is 2.08 bits per heavy atom. The third kappa shape index (κ3) is 5.81. The number of ether oxygens (including phenoxy) is 1. The number of hydrogen-bond donors (Lipinski definition) is 1. The lowest BCUT2D eigenvalue weighted by atomic mass is 10.1. The van der Waals surface area contributed by atoms with Crippen LogP contribution in [0, 0.1) is 12.8 Å². The zero-order valence-electron chi connectivity index (χ0n) is 15.5. The van der Waals surface area contributed by atoms with Crippen molar-refractivity contribution in [1.82, 2.24) is 10.2 Å². The van der Waals surface area contributed by atoms with E-state index in [-0.39, 0.29) is 24.0 Å². The maximum absolute atomic E-state index is 5.46. The van der Waals surface area contributed by atoms with E-state index >= 15 is 0 Å². The molecule has 136 valence electrons. The molecule has 1 N–H and O–H groups in total. The fourth-order valence-corrected chi connectivity index (χ4v) is 3.00. The summed E-state index contributed by atoms with van der Waals surface area (Å²) in [6, 6.07) is 6.57. The summed E-state index contributed by atoms with van der Waals surface area (Å²) in [4.78, 5) is 8.77. The van der Waals surface area contributed by atoms with Gasteiger partial charge in [0.25, 0.3) is 0 Å². The van der Waals surface area contributed by atoms with Gasteiger partial charge < -0.3 is 19.9 Å². The number of aliphatic imine (C=N–C) groups is 1. The fraction of sp³-hybridized carbons (Fsp3) is 0.611. The molecule has 1 aliphatic heterocycles. The molecule has 1 fully saturated rings. The number of hydrogen-bond acceptors (Lipinski definition) is 3. The maximum Gasteiger partial charge on any atom is 0.193 e. The number of nitrogens with one attached hydrogen (secondary N) is 1. The molecule has 0 spiro atoms. The van der Waals surface area contributed by atoms with Gasteiger partial charge in [-0.3, -0.25) is 4.99 Å². The second-order valence-electron chi connectivity index (χ2n) is 6.54. The summed E-state index contributed by atoms with van der Waals surface area (Å²) < 4.78 is 5.46. The molecule has 0 bridgehead atoms. The largest absolute Gasteiger partial charge is 0.381 e. The predicted octanol–water partition coefficient (Wildman–Crippen LogP) is 2.72. The van der Waals surface area contributed by atoms with Crippen LogP contribution in [-0.4, -0.2) is 58.8 Å². The van der Waals surface area contributed by atoms with E-state index in [4.69, 9.17) is 4.74 Å². The lowest BCUT2D eigenvalue weighted by Gasteiger charge is -2.25. The van der Waals surface area contributed by atoms with Crippen LogP contribution >= 0.6 is 24.0 Å². The van der Waals surface area contributed by atoms with Gasteiger partial charge in [0, 0.05) is 59.5 Å². The van der Waals surface area contributed by atoms with E-state index in [1.807, 2.05) is 7.05 Å². The zero-order valence-corrected chi connectivity index (χ0v) is 17.8. The normalized spacial score (nSPS) is 17.4. The predicted molar refractivity (Wildman–Crippen MR) is 113 cm³/mol. The van der Waals surface area contributed by atoms with Crippen molar-refractivity contribution < 1.29 is 4.74 Å². The second kappa shape index (κ2) is 10.1. The Hall–Kier alpha value is -1.02. The van der Waals surface area contributed by atoms with Gasteiger partial charge in [0.2, 0.25) is 0 Å². The molecule has 0 radical (unpaired) electrons. The summed E-state index contributed by atoms with van der Waals surface area (Å²) in [5, 5.41) is 3.48. The third-order valence-electron chi connectivity index (χ3n) is 4.29. The first-order valence-electron chi connectivity index (χ1n) is 8.27. The lowest BCUT2D eigenvalue weighted by Crippen LogP contribution is -2.41. The number of benzene rings is 1. The second-order valence-corrected chi connectivity index (χ2v) is 6.54. The van der Waals surface area contributed by atoms with E-state index in [2.05, 4.69) is 66.4 Å². The average Bonchev–Trinajstić information content (AvgIpc) is 3.01. The van der Waals surface area contributed by atoms with Crippen LogP contribution in [0.25, 0.3) is 0 Å². The van der Waals surface area contributed by atoms with E-state index in [9.17, 15) is 0 Å². The Balaban J connectivity index is 0.00000288. The summed E-state index contributed by atoms with van der Waals surface area (Å²) >= 11 is 0. The van der Waals surface area contributed by atoms with Crippen LogP contribution in [0.4, 0.5) is 5.69 Å². The van der Waals surface area contributed by atoms with E-state index in [0.29, 0.717) is 5.92 Å². The summed E-state index contributed by atoms with van der Waals surface area (Å²) in [6.07, 6.45) is 1.14. The Morgan fingerprint density at radius 1 is 1.33 bits per heavy atom. The molecule has 6 heteroatoms. The zero-order chi connectivity index (χ0) is 16.8. The van der Waals surface area contributed by atoms with E-state index in [1.165, 1.54) is 16.8 Å².